The zero-order chi connectivity index (χ0) is 11.7. The van der Waals surface area contributed by atoms with Gasteiger partial charge in [0, 0.05) is 31.5 Å². The summed E-state index contributed by atoms with van der Waals surface area (Å²) < 4.78 is 7.59. The fraction of sp³-hybridized carbons (Fsp3) is 0.462. The van der Waals surface area contributed by atoms with E-state index in [9.17, 15) is 0 Å². The van der Waals surface area contributed by atoms with Crippen molar-refractivity contribution in [2.24, 2.45) is 5.92 Å². The molecule has 3 rings (SSSR count). The molecule has 1 saturated heterocycles. The minimum absolute atomic E-state index is 0.593. The van der Waals surface area contributed by atoms with Crippen molar-refractivity contribution < 1.29 is 4.74 Å². The average Bonchev–Trinajstić information content (AvgIpc) is 2.73. The van der Waals surface area contributed by atoms with Gasteiger partial charge in [-0.15, -0.1) is 0 Å². The Kier molecular flexibility index (Phi) is 2.73. The quantitative estimate of drug-likeness (QED) is 0.858. The zero-order valence-electron chi connectivity index (χ0n) is 9.80. The van der Waals surface area contributed by atoms with Crippen LogP contribution in [0.15, 0.2) is 24.5 Å². The van der Waals surface area contributed by atoms with Crippen LogP contribution in [0.2, 0.25) is 0 Å². The van der Waals surface area contributed by atoms with Gasteiger partial charge >= 0.3 is 0 Å². The molecule has 90 valence electrons. The number of rotatable bonds is 2. The van der Waals surface area contributed by atoms with Gasteiger partial charge in [-0.05, 0) is 30.9 Å². The first-order valence-electron chi connectivity index (χ1n) is 6.12. The third kappa shape index (κ3) is 2.13. The van der Waals surface area contributed by atoms with E-state index < -0.39 is 0 Å². The number of pyridine rings is 1. The van der Waals surface area contributed by atoms with E-state index in [2.05, 4.69) is 9.38 Å². The van der Waals surface area contributed by atoms with Crippen LogP contribution in [0.1, 0.15) is 18.7 Å². The molecule has 0 radical (unpaired) electrons. The van der Waals surface area contributed by atoms with E-state index >= 15 is 0 Å². The van der Waals surface area contributed by atoms with Crippen molar-refractivity contribution in [3.63, 3.8) is 0 Å². The second kappa shape index (κ2) is 4.37. The summed E-state index contributed by atoms with van der Waals surface area (Å²) in [6, 6.07) is 3.91. The number of imidazole rings is 1. The van der Waals surface area contributed by atoms with Gasteiger partial charge in [-0.25, -0.2) is 4.98 Å². The Hall–Kier alpha value is -1.55. The standard InChI is InChI=1S/C13H17N3O/c14-11-3-4-12-7-15-13(16(12)8-11)6-10-2-1-5-17-9-10/h3-4,7-8,10H,1-2,5-6,9,14H2. The van der Waals surface area contributed by atoms with Crippen molar-refractivity contribution >= 4 is 11.2 Å². The molecule has 4 heteroatoms. The fourth-order valence-electron chi connectivity index (χ4n) is 2.44. The lowest BCUT2D eigenvalue weighted by molar-refractivity contribution is 0.0542. The molecular formula is C13H17N3O. The topological polar surface area (TPSA) is 52.5 Å². The Morgan fingerprint density at radius 1 is 1.47 bits per heavy atom. The maximum Gasteiger partial charge on any atom is 0.113 e. The van der Waals surface area contributed by atoms with Crippen LogP contribution in [0, 0.1) is 5.92 Å². The van der Waals surface area contributed by atoms with Crippen LogP contribution in [0.3, 0.4) is 0 Å². The van der Waals surface area contributed by atoms with E-state index in [0.29, 0.717) is 5.92 Å². The van der Waals surface area contributed by atoms with Crippen molar-refractivity contribution in [2.75, 3.05) is 18.9 Å². The zero-order valence-corrected chi connectivity index (χ0v) is 9.80. The van der Waals surface area contributed by atoms with Crippen LogP contribution < -0.4 is 5.73 Å². The molecule has 0 saturated carbocycles. The molecule has 0 amide bonds. The van der Waals surface area contributed by atoms with Gasteiger partial charge in [0.25, 0.3) is 0 Å². The molecule has 1 unspecified atom stereocenters. The van der Waals surface area contributed by atoms with Gasteiger partial charge in [0.15, 0.2) is 0 Å². The summed E-state index contributed by atoms with van der Waals surface area (Å²) in [5.41, 5.74) is 7.69. The Morgan fingerprint density at radius 3 is 3.24 bits per heavy atom. The summed E-state index contributed by atoms with van der Waals surface area (Å²) in [6.07, 6.45) is 7.21. The lowest BCUT2D eigenvalue weighted by Gasteiger charge is -2.21. The van der Waals surface area contributed by atoms with E-state index in [4.69, 9.17) is 10.5 Å². The number of aromatic nitrogens is 2. The van der Waals surface area contributed by atoms with E-state index in [1.165, 1.54) is 6.42 Å². The van der Waals surface area contributed by atoms with Crippen molar-refractivity contribution in [2.45, 2.75) is 19.3 Å². The minimum Gasteiger partial charge on any atom is -0.398 e. The number of nitrogens with zero attached hydrogens (tertiary/aromatic N) is 2. The van der Waals surface area contributed by atoms with E-state index in [1.54, 1.807) is 0 Å². The van der Waals surface area contributed by atoms with Gasteiger partial charge in [0.2, 0.25) is 0 Å². The second-order valence-corrected chi connectivity index (χ2v) is 4.72. The molecule has 1 fully saturated rings. The first-order chi connectivity index (χ1) is 8.33. The van der Waals surface area contributed by atoms with Crippen LogP contribution >= 0.6 is 0 Å². The summed E-state index contributed by atoms with van der Waals surface area (Å²) in [5.74, 6) is 1.68. The highest BCUT2D eigenvalue weighted by molar-refractivity contribution is 5.52. The molecule has 0 aliphatic carbocycles. The van der Waals surface area contributed by atoms with Crippen LogP contribution in [0.5, 0.6) is 0 Å². The highest BCUT2D eigenvalue weighted by Gasteiger charge is 2.16. The largest absolute Gasteiger partial charge is 0.398 e. The van der Waals surface area contributed by atoms with Gasteiger partial charge in [-0.2, -0.15) is 0 Å². The highest BCUT2D eigenvalue weighted by atomic mass is 16.5. The van der Waals surface area contributed by atoms with Crippen LogP contribution in [0.4, 0.5) is 5.69 Å². The van der Waals surface area contributed by atoms with Gasteiger partial charge in [-0.3, -0.25) is 0 Å². The van der Waals surface area contributed by atoms with Crippen molar-refractivity contribution in [3.05, 3.63) is 30.4 Å². The van der Waals surface area contributed by atoms with Crippen LogP contribution in [0.25, 0.3) is 5.52 Å². The number of nitrogens with two attached hydrogens (primary N) is 1. The first kappa shape index (κ1) is 10.6. The molecule has 1 aliphatic heterocycles. The number of fused-ring (bicyclic) bond motifs is 1. The van der Waals surface area contributed by atoms with E-state index in [1.807, 2.05) is 24.5 Å². The summed E-state index contributed by atoms with van der Waals surface area (Å²) in [4.78, 5) is 4.48. The third-order valence-electron chi connectivity index (χ3n) is 3.35. The minimum atomic E-state index is 0.593. The first-order valence-corrected chi connectivity index (χ1v) is 6.12. The van der Waals surface area contributed by atoms with E-state index in [0.717, 1.165) is 43.1 Å². The molecule has 0 spiro atoms. The molecule has 4 nitrogen and oxygen atoms in total. The number of hydrogen-bond acceptors (Lipinski definition) is 3. The van der Waals surface area contributed by atoms with Crippen LogP contribution in [-0.2, 0) is 11.2 Å². The molecule has 0 aromatic carbocycles. The number of hydrogen-bond donors (Lipinski definition) is 1. The number of nitrogen functional groups attached to an aromatic ring is 1. The van der Waals surface area contributed by atoms with Gasteiger partial charge < -0.3 is 14.9 Å². The Balaban J connectivity index is 1.86. The lowest BCUT2D eigenvalue weighted by atomic mass is 9.98. The van der Waals surface area contributed by atoms with E-state index in [-0.39, 0.29) is 0 Å². The predicted octanol–water partition coefficient (Wildman–Crippen LogP) is 1.89. The van der Waals surface area contributed by atoms with Gasteiger partial charge in [0.1, 0.15) is 5.82 Å². The van der Waals surface area contributed by atoms with Gasteiger partial charge in [-0.1, -0.05) is 0 Å². The molecule has 2 N–H and O–H groups in total. The fourth-order valence-corrected chi connectivity index (χ4v) is 2.44. The summed E-state index contributed by atoms with van der Waals surface area (Å²) in [6.45, 7) is 1.77. The Bertz CT molecular complexity index is 514. The number of anilines is 1. The molecule has 2 aromatic rings. The average molecular weight is 231 g/mol. The molecule has 1 aliphatic rings. The third-order valence-corrected chi connectivity index (χ3v) is 3.35. The maximum absolute atomic E-state index is 5.81. The summed E-state index contributed by atoms with van der Waals surface area (Å²) in [5, 5.41) is 0. The predicted molar refractivity (Wildman–Crippen MR) is 66.9 cm³/mol. The SMILES string of the molecule is Nc1ccc2cnc(CC3CCCOC3)n2c1. The Morgan fingerprint density at radius 2 is 2.41 bits per heavy atom. The summed E-state index contributed by atoms with van der Waals surface area (Å²) >= 11 is 0. The normalized spacial score (nSPS) is 20.8. The summed E-state index contributed by atoms with van der Waals surface area (Å²) in [7, 11) is 0. The molecular weight excluding hydrogens is 214 g/mol. The molecule has 17 heavy (non-hydrogen) atoms. The molecule has 1 atom stereocenters. The van der Waals surface area contributed by atoms with Crippen molar-refractivity contribution in [3.8, 4) is 0 Å². The smallest absolute Gasteiger partial charge is 0.113 e. The second-order valence-electron chi connectivity index (χ2n) is 4.72. The van der Waals surface area contributed by atoms with Gasteiger partial charge in [0.05, 0.1) is 11.7 Å². The highest BCUT2D eigenvalue weighted by Crippen LogP contribution is 2.19. The molecule has 0 bridgehead atoms. The Labute approximate surface area is 100 Å². The van der Waals surface area contributed by atoms with Crippen molar-refractivity contribution in [1.29, 1.82) is 0 Å². The monoisotopic (exact) mass is 231 g/mol. The maximum atomic E-state index is 5.81. The lowest BCUT2D eigenvalue weighted by Crippen LogP contribution is -2.20. The van der Waals surface area contributed by atoms with Crippen molar-refractivity contribution in [1.82, 2.24) is 9.38 Å². The van der Waals surface area contributed by atoms with Crippen LogP contribution in [-0.4, -0.2) is 22.6 Å². The molecule has 2 aromatic heterocycles. The number of ether oxygens (including phenoxy) is 1. The molecule has 3 heterocycles.